The molecule has 1 atom stereocenters. The molecule has 0 saturated heterocycles. The highest BCUT2D eigenvalue weighted by Gasteiger charge is 2.25. The zero-order valence-electron chi connectivity index (χ0n) is 12.1. The van der Waals surface area contributed by atoms with Crippen LogP contribution in [0.4, 0.5) is 13.2 Å². The van der Waals surface area contributed by atoms with Crippen LogP contribution in [0.2, 0.25) is 0 Å². The van der Waals surface area contributed by atoms with E-state index in [4.69, 9.17) is 4.74 Å². The first-order valence-electron chi connectivity index (χ1n) is 7.02. The molecule has 0 heterocycles. The Balaban J connectivity index is 2.07. The summed E-state index contributed by atoms with van der Waals surface area (Å²) in [4.78, 5) is 0. The summed E-state index contributed by atoms with van der Waals surface area (Å²) in [7, 11) is 0. The van der Waals surface area contributed by atoms with Gasteiger partial charge < -0.3 is 15.2 Å². The van der Waals surface area contributed by atoms with E-state index in [2.05, 4.69) is 5.32 Å². The molecule has 1 aromatic rings. The van der Waals surface area contributed by atoms with Gasteiger partial charge in [0.05, 0.1) is 0 Å². The maximum absolute atomic E-state index is 11.9. The molecule has 6 heteroatoms. The van der Waals surface area contributed by atoms with Gasteiger partial charge in [-0.3, -0.25) is 0 Å². The van der Waals surface area contributed by atoms with Gasteiger partial charge in [-0.2, -0.15) is 13.2 Å². The third-order valence-electron chi connectivity index (χ3n) is 2.97. The summed E-state index contributed by atoms with van der Waals surface area (Å²) in [5, 5.41) is 12.6. The number of rotatable bonds is 9. The predicted octanol–water partition coefficient (Wildman–Crippen LogP) is 3.06. The second kappa shape index (κ2) is 8.89. The van der Waals surface area contributed by atoms with Gasteiger partial charge in [-0.15, -0.1) is 0 Å². The van der Waals surface area contributed by atoms with E-state index in [1.54, 1.807) is 0 Å². The number of halogens is 3. The van der Waals surface area contributed by atoms with Gasteiger partial charge in [-0.1, -0.05) is 18.2 Å². The van der Waals surface area contributed by atoms with E-state index in [1.807, 2.05) is 31.2 Å². The molecule has 0 spiro atoms. The number of benzene rings is 1. The van der Waals surface area contributed by atoms with Crippen molar-refractivity contribution in [1.82, 2.24) is 5.32 Å². The lowest BCUT2D eigenvalue weighted by atomic mass is 10.2. The van der Waals surface area contributed by atoms with Crippen LogP contribution in [0, 0.1) is 6.92 Å². The molecule has 0 amide bonds. The fourth-order valence-corrected chi connectivity index (χ4v) is 1.81. The average Bonchev–Trinajstić information content (AvgIpc) is 2.40. The van der Waals surface area contributed by atoms with E-state index in [0.717, 1.165) is 11.3 Å². The monoisotopic (exact) mass is 305 g/mol. The second-order valence-electron chi connectivity index (χ2n) is 5.01. The first-order chi connectivity index (χ1) is 9.88. The van der Waals surface area contributed by atoms with Crippen molar-refractivity contribution in [2.45, 2.75) is 38.5 Å². The molecule has 0 aliphatic carbocycles. The fourth-order valence-electron chi connectivity index (χ4n) is 1.81. The molecule has 2 N–H and O–H groups in total. The van der Waals surface area contributed by atoms with Gasteiger partial charge in [0.2, 0.25) is 0 Å². The van der Waals surface area contributed by atoms with Crippen LogP contribution in [-0.2, 0) is 0 Å². The minimum absolute atomic E-state index is 0.103. The van der Waals surface area contributed by atoms with Crippen molar-refractivity contribution in [1.29, 1.82) is 0 Å². The quantitative estimate of drug-likeness (QED) is 0.689. The van der Waals surface area contributed by atoms with Crippen LogP contribution >= 0.6 is 0 Å². The Labute approximate surface area is 123 Å². The molecule has 0 aliphatic rings. The molecular formula is C15H22F3NO2. The number of hydrogen-bond donors (Lipinski definition) is 2. The van der Waals surface area contributed by atoms with E-state index in [9.17, 15) is 18.3 Å². The van der Waals surface area contributed by atoms with Crippen LogP contribution in [-0.4, -0.2) is 37.1 Å². The second-order valence-corrected chi connectivity index (χ2v) is 5.01. The van der Waals surface area contributed by atoms with Gasteiger partial charge in [-0.05, 0) is 37.9 Å². The summed E-state index contributed by atoms with van der Waals surface area (Å²) >= 11 is 0. The summed E-state index contributed by atoms with van der Waals surface area (Å²) in [5.74, 6) is 0.724. The van der Waals surface area contributed by atoms with Crippen molar-refractivity contribution in [2.24, 2.45) is 0 Å². The Bertz CT molecular complexity index is 410. The molecule has 0 fully saturated rings. The predicted molar refractivity (Wildman–Crippen MR) is 75.5 cm³/mol. The lowest BCUT2D eigenvalue weighted by molar-refractivity contribution is -0.135. The normalized spacial score (nSPS) is 13.2. The van der Waals surface area contributed by atoms with Crippen LogP contribution < -0.4 is 10.1 Å². The summed E-state index contributed by atoms with van der Waals surface area (Å²) < 4.78 is 41.2. The zero-order chi connectivity index (χ0) is 15.7. The number of nitrogens with one attached hydrogen (secondary N) is 1. The molecule has 1 rings (SSSR count). The highest BCUT2D eigenvalue weighted by Crippen LogP contribution is 2.21. The summed E-state index contributed by atoms with van der Waals surface area (Å²) in [6.45, 7) is 2.83. The summed E-state index contributed by atoms with van der Waals surface area (Å²) in [6, 6.07) is 7.50. The van der Waals surface area contributed by atoms with Crippen molar-refractivity contribution in [3.05, 3.63) is 29.8 Å². The third-order valence-corrected chi connectivity index (χ3v) is 2.97. The van der Waals surface area contributed by atoms with Crippen molar-refractivity contribution < 1.29 is 23.0 Å². The van der Waals surface area contributed by atoms with Gasteiger partial charge in [0.1, 0.15) is 18.5 Å². The Morgan fingerprint density at radius 2 is 1.95 bits per heavy atom. The molecule has 0 aromatic heterocycles. The first kappa shape index (κ1) is 17.8. The minimum Gasteiger partial charge on any atom is -0.491 e. The number of aryl methyl sites for hydroxylation is 1. The standard InChI is InChI=1S/C15H22F3NO2/c1-12-6-2-3-7-14(12)21-11-13(20)10-19-9-5-4-8-15(16,17)18/h2-3,6-7,13,19-20H,4-5,8-11H2,1H3. The van der Waals surface area contributed by atoms with E-state index in [-0.39, 0.29) is 13.0 Å². The summed E-state index contributed by atoms with van der Waals surface area (Å²) in [6.07, 6.45) is -4.99. The number of alkyl halides is 3. The molecule has 3 nitrogen and oxygen atoms in total. The van der Waals surface area contributed by atoms with E-state index in [1.165, 1.54) is 0 Å². The number of aliphatic hydroxyl groups is 1. The Morgan fingerprint density at radius 1 is 1.24 bits per heavy atom. The fraction of sp³-hybridized carbons (Fsp3) is 0.600. The van der Waals surface area contributed by atoms with Crippen LogP contribution in [0.5, 0.6) is 5.75 Å². The van der Waals surface area contributed by atoms with E-state index >= 15 is 0 Å². The number of aliphatic hydroxyl groups excluding tert-OH is 1. The van der Waals surface area contributed by atoms with Crippen LogP contribution in [0.3, 0.4) is 0 Å². The number of ether oxygens (including phenoxy) is 1. The molecule has 0 radical (unpaired) electrons. The highest BCUT2D eigenvalue weighted by molar-refractivity contribution is 5.31. The number of para-hydroxylation sites is 1. The lowest BCUT2D eigenvalue weighted by Gasteiger charge is -2.14. The minimum atomic E-state index is -4.08. The Morgan fingerprint density at radius 3 is 2.62 bits per heavy atom. The highest BCUT2D eigenvalue weighted by atomic mass is 19.4. The van der Waals surface area contributed by atoms with Crippen molar-refractivity contribution in [2.75, 3.05) is 19.7 Å². The van der Waals surface area contributed by atoms with Crippen LogP contribution in [0.1, 0.15) is 24.8 Å². The SMILES string of the molecule is Cc1ccccc1OCC(O)CNCCCCC(F)(F)F. The van der Waals surface area contributed by atoms with Crippen molar-refractivity contribution >= 4 is 0 Å². The molecular weight excluding hydrogens is 283 g/mol. The van der Waals surface area contributed by atoms with Gasteiger partial charge in [0.15, 0.2) is 0 Å². The molecule has 120 valence electrons. The molecule has 1 aromatic carbocycles. The lowest BCUT2D eigenvalue weighted by Crippen LogP contribution is -2.32. The zero-order valence-corrected chi connectivity index (χ0v) is 12.1. The number of unbranched alkanes of at least 4 members (excludes halogenated alkanes) is 1. The number of hydrogen-bond acceptors (Lipinski definition) is 3. The van der Waals surface area contributed by atoms with Gasteiger partial charge >= 0.3 is 6.18 Å². The topological polar surface area (TPSA) is 41.5 Å². The average molecular weight is 305 g/mol. The van der Waals surface area contributed by atoms with Crippen molar-refractivity contribution in [3.63, 3.8) is 0 Å². The third kappa shape index (κ3) is 8.57. The van der Waals surface area contributed by atoms with E-state index < -0.39 is 18.7 Å². The van der Waals surface area contributed by atoms with Crippen molar-refractivity contribution in [3.8, 4) is 5.75 Å². The largest absolute Gasteiger partial charge is 0.491 e. The molecule has 1 unspecified atom stereocenters. The molecule has 21 heavy (non-hydrogen) atoms. The maximum Gasteiger partial charge on any atom is 0.389 e. The van der Waals surface area contributed by atoms with Gasteiger partial charge in [0.25, 0.3) is 0 Å². The first-order valence-corrected chi connectivity index (χ1v) is 7.02. The maximum atomic E-state index is 11.9. The Kier molecular flexibility index (Phi) is 7.53. The molecule has 0 saturated carbocycles. The van der Waals surface area contributed by atoms with Gasteiger partial charge in [-0.25, -0.2) is 0 Å². The molecule has 0 aliphatic heterocycles. The molecule has 0 bridgehead atoms. The summed E-state index contributed by atoms with van der Waals surface area (Å²) in [5.41, 5.74) is 0.991. The van der Waals surface area contributed by atoms with Crippen LogP contribution in [0.15, 0.2) is 24.3 Å². The Hall–Kier alpha value is -1.27. The van der Waals surface area contributed by atoms with Crippen LogP contribution in [0.25, 0.3) is 0 Å². The van der Waals surface area contributed by atoms with E-state index in [0.29, 0.717) is 19.5 Å². The smallest absolute Gasteiger partial charge is 0.389 e. The van der Waals surface area contributed by atoms with Gasteiger partial charge in [0, 0.05) is 13.0 Å².